The number of unbranched alkanes of at least 4 members (excludes halogenated alkanes) is 4. The number of hydrogen-bond acceptors (Lipinski definition) is 3. The van der Waals surface area contributed by atoms with Crippen LogP contribution in [0.15, 0.2) is 139 Å². The molecule has 1 heterocycles. The third-order valence-corrected chi connectivity index (χ3v) is 14.8. The van der Waals surface area contributed by atoms with Gasteiger partial charge in [-0.05, 0) is 136 Å². The smallest absolute Gasteiger partial charge is 0.333 e. The summed E-state index contributed by atoms with van der Waals surface area (Å²) in [7, 11) is 0. The zero-order valence-corrected chi connectivity index (χ0v) is 38.2. The van der Waals surface area contributed by atoms with Crippen molar-refractivity contribution in [1.82, 2.24) is 0 Å². The molecule has 2 aliphatic carbocycles. The van der Waals surface area contributed by atoms with E-state index in [0.29, 0.717) is 0 Å². The molecular weight excluding hydrogens is 789 g/mol. The molecule has 0 atom stereocenters. The van der Waals surface area contributed by atoms with Crippen molar-refractivity contribution in [3.63, 3.8) is 0 Å². The summed E-state index contributed by atoms with van der Waals surface area (Å²) in [6, 6.07) is 46.2. The fraction of sp³-hybridized carbons (Fsp3) is 0.310. The Morgan fingerprint density at radius 2 is 1.06 bits per heavy atom. The first-order valence-electron chi connectivity index (χ1n) is 23.3. The fourth-order valence-electron chi connectivity index (χ4n) is 10.6. The second-order valence-corrected chi connectivity index (χ2v) is 18.7. The van der Waals surface area contributed by atoms with Crippen LogP contribution < -0.4 is 4.90 Å². The lowest BCUT2D eigenvalue weighted by atomic mass is 9.70. The van der Waals surface area contributed by atoms with Crippen molar-refractivity contribution >= 4 is 40.4 Å². The number of nitrogens with zero attached hydrogens (tertiary/aromatic N) is 2. The number of aliphatic carboxylic acids is 1. The summed E-state index contributed by atoms with van der Waals surface area (Å²) in [5, 5.41) is 9.24. The molecular formula is C58H60N2O2S. The van der Waals surface area contributed by atoms with Crippen molar-refractivity contribution in [3.8, 4) is 32.7 Å². The fourth-order valence-corrected chi connectivity index (χ4v) is 11.5. The number of anilines is 3. The maximum atomic E-state index is 11.3. The van der Waals surface area contributed by atoms with Crippen molar-refractivity contribution in [2.24, 2.45) is 0 Å². The van der Waals surface area contributed by atoms with Crippen molar-refractivity contribution in [1.29, 1.82) is 0 Å². The predicted octanol–water partition coefficient (Wildman–Crippen LogP) is 17.1. The molecule has 1 N–H and O–H groups in total. The van der Waals surface area contributed by atoms with Crippen LogP contribution in [0, 0.1) is 6.57 Å². The first-order chi connectivity index (χ1) is 30.8. The van der Waals surface area contributed by atoms with Gasteiger partial charge in [-0.25, -0.2) is 4.85 Å². The summed E-state index contributed by atoms with van der Waals surface area (Å²) in [6.45, 7) is 16.4. The Morgan fingerprint density at radius 1 is 0.603 bits per heavy atom. The van der Waals surface area contributed by atoms with Crippen molar-refractivity contribution in [2.75, 3.05) is 4.90 Å². The summed E-state index contributed by atoms with van der Waals surface area (Å²) < 4.78 is 0. The Bertz CT molecular complexity index is 2560. The lowest BCUT2D eigenvalue weighted by Gasteiger charge is -2.35. The van der Waals surface area contributed by atoms with E-state index in [-0.39, 0.29) is 16.5 Å². The van der Waals surface area contributed by atoms with E-state index < -0.39 is 5.97 Å². The highest BCUT2D eigenvalue weighted by Gasteiger charge is 2.44. The van der Waals surface area contributed by atoms with Crippen LogP contribution in [0.1, 0.15) is 132 Å². The number of thiophene rings is 1. The van der Waals surface area contributed by atoms with Crippen LogP contribution in [0.4, 0.5) is 17.1 Å². The molecule has 0 spiro atoms. The highest BCUT2D eigenvalue weighted by Crippen LogP contribution is 2.58. The van der Waals surface area contributed by atoms with Crippen LogP contribution in [0.5, 0.6) is 0 Å². The molecule has 0 saturated heterocycles. The average molecular weight is 849 g/mol. The molecule has 5 aromatic carbocycles. The van der Waals surface area contributed by atoms with Gasteiger partial charge in [0.25, 0.3) is 5.70 Å². The van der Waals surface area contributed by atoms with Gasteiger partial charge >= 0.3 is 5.97 Å². The van der Waals surface area contributed by atoms with Crippen LogP contribution in [0.25, 0.3) is 43.6 Å². The quantitative estimate of drug-likeness (QED) is 0.0502. The van der Waals surface area contributed by atoms with Crippen LogP contribution in [-0.2, 0) is 15.6 Å². The number of allylic oxidation sites excluding steroid dienone is 2. The summed E-state index contributed by atoms with van der Waals surface area (Å²) in [6.07, 6.45) is 18.9. The summed E-state index contributed by atoms with van der Waals surface area (Å²) in [4.78, 5) is 19.0. The normalized spacial score (nSPS) is 14.2. The van der Waals surface area contributed by atoms with Gasteiger partial charge in [0.15, 0.2) is 0 Å². The second-order valence-electron chi connectivity index (χ2n) is 17.5. The second kappa shape index (κ2) is 19.2. The standard InChI is InChI=1S/C58H60N2O2S/c1-6-10-35-57(36-11-7-2)50-22-16-14-20-46(50)48-32-29-43(39-52(48)57)60(42-27-25-41(26-28-42)55-34-31-45(63-55)19-18-24-54(59-5)56(61)62)44-30-33-49-47-21-15-17-23-51(47)58(37-12-8-3,38-13-9-4)53(49)40-44/h14-34,39-40H,6-13,35-38H2,1-4H3,(H,61,62). The number of carboxylic acids is 1. The van der Waals surface area contributed by atoms with Gasteiger partial charge in [-0.1, -0.05) is 158 Å². The van der Waals surface area contributed by atoms with Gasteiger partial charge < -0.3 is 10.0 Å². The molecule has 8 rings (SSSR count). The third kappa shape index (κ3) is 8.23. The molecule has 5 heteroatoms. The number of hydrogen-bond donors (Lipinski definition) is 1. The molecule has 0 amide bonds. The number of benzene rings is 5. The van der Waals surface area contributed by atoms with Gasteiger partial charge in [0.2, 0.25) is 0 Å². The van der Waals surface area contributed by atoms with Crippen molar-refractivity contribution < 1.29 is 9.90 Å². The minimum atomic E-state index is -1.22. The van der Waals surface area contributed by atoms with E-state index in [4.69, 9.17) is 6.57 Å². The molecule has 1 aromatic heterocycles. The first kappa shape index (κ1) is 43.7. The molecule has 0 bridgehead atoms. The molecule has 0 saturated carbocycles. The highest BCUT2D eigenvalue weighted by molar-refractivity contribution is 7.16. The average Bonchev–Trinajstić information content (AvgIpc) is 3.98. The number of carbonyl (C=O) groups is 1. The largest absolute Gasteiger partial charge is 0.486 e. The Kier molecular flexibility index (Phi) is 13.3. The van der Waals surface area contributed by atoms with Gasteiger partial charge in [0.05, 0.1) is 6.57 Å². The van der Waals surface area contributed by atoms with E-state index in [1.807, 2.05) is 12.1 Å². The molecule has 0 unspecified atom stereocenters. The summed E-state index contributed by atoms with van der Waals surface area (Å²) >= 11 is 1.65. The number of carboxylic acid groups (broad SMARTS) is 1. The van der Waals surface area contributed by atoms with Gasteiger partial charge in [0.1, 0.15) is 0 Å². The number of fused-ring (bicyclic) bond motifs is 6. The molecule has 6 aromatic rings. The Morgan fingerprint density at radius 3 is 1.52 bits per heavy atom. The van der Waals surface area contributed by atoms with Crippen molar-refractivity contribution in [2.45, 2.75) is 116 Å². The molecule has 63 heavy (non-hydrogen) atoms. The zero-order valence-electron chi connectivity index (χ0n) is 37.4. The van der Waals surface area contributed by atoms with Gasteiger partial charge in [-0.15, -0.1) is 11.3 Å². The lowest BCUT2D eigenvalue weighted by Crippen LogP contribution is -2.26. The van der Waals surface area contributed by atoms with Crippen LogP contribution in [0.3, 0.4) is 0 Å². The van der Waals surface area contributed by atoms with E-state index in [2.05, 4.69) is 153 Å². The minimum Gasteiger partial charge on any atom is -0.486 e. The van der Waals surface area contributed by atoms with Crippen LogP contribution in [-0.4, -0.2) is 11.1 Å². The highest BCUT2D eigenvalue weighted by atomic mass is 32.1. The molecule has 0 radical (unpaired) electrons. The Hall–Kier alpha value is -5.96. The number of rotatable bonds is 19. The van der Waals surface area contributed by atoms with Gasteiger partial charge in [0, 0.05) is 37.6 Å². The third-order valence-electron chi connectivity index (χ3n) is 13.7. The molecule has 320 valence electrons. The molecule has 4 nitrogen and oxygen atoms in total. The maximum absolute atomic E-state index is 11.3. The Labute approximate surface area is 379 Å². The van der Waals surface area contributed by atoms with E-state index in [1.54, 1.807) is 17.4 Å². The Balaban J connectivity index is 1.27. The van der Waals surface area contributed by atoms with Crippen molar-refractivity contribution in [3.05, 3.63) is 178 Å². The topological polar surface area (TPSA) is 44.9 Å². The van der Waals surface area contributed by atoms with Gasteiger partial charge in [-0.2, -0.15) is 0 Å². The zero-order chi connectivity index (χ0) is 44.0. The van der Waals surface area contributed by atoms with E-state index in [1.165, 1.54) is 113 Å². The minimum absolute atomic E-state index is 0.0230. The SMILES string of the molecule is [C-]#[N+]C(=CC=Cc1ccc(-c2ccc(N(c3ccc4c(c3)C(CCCC)(CCCC)c3ccccc3-4)c3ccc4c(c3)C(CCCC)(CCCC)c3ccccc3-4)cc2)s1)C(=O)O. The monoisotopic (exact) mass is 848 g/mol. The van der Waals surface area contributed by atoms with Gasteiger partial charge in [-0.3, -0.25) is 4.79 Å². The lowest BCUT2D eigenvalue weighted by molar-refractivity contribution is -0.132. The van der Waals surface area contributed by atoms with Crippen LogP contribution >= 0.6 is 11.3 Å². The van der Waals surface area contributed by atoms with Crippen LogP contribution in [0.2, 0.25) is 0 Å². The summed E-state index contributed by atoms with van der Waals surface area (Å²) in [5.74, 6) is -1.22. The predicted molar refractivity (Wildman–Crippen MR) is 266 cm³/mol. The molecule has 0 aliphatic heterocycles. The first-order valence-corrected chi connectivity index (χ1v) is 24.1. The maximum Gasteiger partial charge on any atom is 0.333 e. The van der Waals surface area contributed by atoms with E-state index in [0.717, 1.165) is 46.7 Å². The molecule has 0 fully saturated rings. The van der Waals surface area contributed by atoms with E-state index >= 15 is 0 Å². The molecule has 2 aliphatic rings. The summed E-state index contributed by atoms with van der Waals surface area (Å²) in [5.41, 5.74) is 15.7. The van der Waals surface area contributed by atoms with E-state index in [9.17, 15) is 9.90 Å².